The summed E-state index contributed by atoms with van der Waals surface area (Å²) in [5.74, 6) is 0. The fourth-order valence-electron chi connectivity index (χ4n) is 2.91. The Kier molecular flexibility index (Phi) is 5.04. The van der Waals surface area contributed by atoms with Crippen LogP contribution in [0.4, 0.5) is 4.79 Å². The van der Waals surface area contributed by atoms with Crippen LogP contribution in [-0.2, 0) is 9.47 Å². The van der Waals surface area contributed by atoms with E-state index in [4.69, 9.17) is 9.47 Å². The molecule has 0 aromatic carbocycles. The van der Waals surface area contributed by atoms with Gasteiger partial charge in [-0.15, -0.1) is 0 Å². The molecule has 0 saturated carbocycles. The van der Waals surface area contributed by atoms with Gasteiger partial charge in [0.05, 0.1) is 18.5 Å². The highest BCUT2D eigenvalue weighted by atomic mass is 31.2. The van der Waals surface area contributed by atoms with Crippen molar-refractivity contribution < 1.29 is 14.3 Å². The molecule has 1 aliphatic heterocycles. The molecule has 94 valence electrons. The average Bonchev–Trinajstić information content (AvgIpc) is 2.72. The predicted molar refractivity (Wildman–Crippen MR) is 68.8 cm³/mol. The molecule has 0 radical (unpaired) electrons. The summed E-state index contributed by atoms with van der Waals surface area (Å²) in [6, 6.07) is 0. The van der Waals surface area contributed by atoms with E-state index in [0.29, 0.717) is 12.3 Å². The van der Waals surface area contributed by atoms with Crippen molar-refractivity contribution in [1.29, 1.82) is 0 Å². The summed E-state index contributed by atoms with van der Waals surface area (Å²) in [6.45, 7) is 9.49. The summed E-state index contributed by atoms with van der Waals surface area (Å²) in [7, 11) is -0.982. The third-order valence-corrected chi connectivity index (χ3v) is 9.94. The summed E-state index contributed by atoms with van der Waals surface area (Å²) in [6.07, 6.45) is 4.34. The maximum absolute atomic E-state index is 11.0. The topological polar surface area (TPSA) is 35.5 Å². The van der Waals surface area contributed by atoms with Crippen LogP contribution in [0.3, 0.4) is 0 Å². The molecule has 0 bridgehead atoms. The van der Waals surface area contributed by atoms with Gasteiger partial charge in [0.25, 0.3) is 0 Å². The van der Waals surface area contributed by atoms with Crippen molar-refractivity contribution in [3.63, 3.8) is 0 Å². The molecule has 1 aliphatic rings. The third-order valence-electron chi connectivity index (χ3n) is 4.05. The number of cyclic esters (lactones) is 2. The van der Waals surface area contributed by atoms with Gasteiger partial charge in [-0.2, -0.15) is 0 Å². The number of rotatable bonds is 6. The first-order chi connectivity index (χ1) is 7.63. The van der Waals surface area contributed by atoms with Gasteiger partial charge in [0.2, 0.25) is 0 Å². The minimum atomic E-state index is -0.982. The van der Waals surface area contributed by atoms with E-state index < -0.39 is 13.4 Å². The molecule has 1 heterocycles. The molecule has 0 aliphatic carbocycles. The SMILES string of the molecule is CCC(C1COC(=O)O1)[P+](CC)(CC)CC. The first-order valence-electron chi connectivity index (χ1n) is 6.32. The van der Waals surface area contributed by atoms with E-state index in [-0.39, 0.29) is 6.10 Å². The van der Waals surface area contributed by atoms with E-state index in [0.717, 1.165) is 6.42 Å². The zero-order valence-corrected chi connectivity index (χ0v) is 11.8. The third kappa shape index (κ3) is 2.51. The molecule has 0 spiro atoms. The van der Waals surface area contributed by atoms with Crippen molar-refractivity contribution in [2.24, 2.45) is 0 Å². The minimum absolute atomic E-state index is 0.00526. The molecule has 0 aromatic heterocycles. The second kappa shape index (κ2) is 5.86. The number of ether oxygens (including phenoxy) is 2. The fourth-order valence-corrected chi connectivity index (χ4v) is 7.28. The van der Waals surface area contributed by atoms with E-state index in [9.17, 15) is 4.79 Å². The lowest BCUT2D eigenvalue weighted by Gasteiger charge is -2.33. The second-order valence-corrected chi connectivity index (χ2v) is 9.36. The van der Waals surface area contributed by atoms with Gasteiger partial charge in [0.1, 0.15) is 12.3 Å². The normalized spacial score (nSPS) is 22.8. The number of carbonyl (C=O) groups excluding carboxylic acids is 1. The van der Waals surface area contributed by atoms with E-state index >= 15 is 0 Å². The maximum Gasteiger partial charge on any atom is 0.508 e. The quantitative estimate of drug-likeness (QED) is 0.533. The van der Waals surface area contributed by atoms with E-state index in [1.54, 1.807) is 0 Å². The van der Waals surface area contributed by atoms with Crippen molar-refractivity contribution in [3.8, 4) is 0 Å². The first-order valence-corrected chi connectivity index (χ1v) is 8.74. The van der Waals surface area contributed by atoms with Crippen LogP contribution in [0.5, 0.6) is 0 Å². The Morgan fingerprint density at radius 1 is 1.25 bits per heavy atom. The smallest absolute Gasteiger partial charge is 0.430 e. The Bertz CT molecular complexity index is 230. The molecule has 0 N–H and O–H groups in total. The van der Waals surface area contributed by atoms with Crippen LogP contribution in [0.15, 0.2) is 0 Å². The van der Waals surface area contributed by atoms with Gasteiger partial charge >= 0.3 is 6.16 Å². The van der Waals surface area contributed by atoms with E-state index in [2.05, 4.69) is 27.7 Å². The largest absolute Gasteiger partial charge is 0.508 e. The van der Waals surface area contributed by atoms with Gasteiger partial charge in [0.15, 0.2) is 6.10 Å². The average molecular weight is 247 g/mol. The summed E-state index contributed by atoms with van der Waals surface area (Å²) in [5.41, 5.74) is 0.527. The Morgan fingerprint density at radius 2 is 1.81 bits per heavy atom. The first kappa shape index (κ1) is 13.8. The highest BCUT2D eigenvalue weighted by molar-refractivity contribution is 7.76. The lowest BCUT2D eigenvalue weighted by atomic mass is 10.2. The minimum Gasteiger partial charge on any atom is -0.430 e. The van der Waals surface area contributed by atoms with Crippen LogP contribution < -0.4 is 0 Å². The Balaban J connectivity index is 2.82. The van der Waals surface area contributed by atoms with Gasteiger partial charge in [-0.05, 0) is 27.2 Å². The van der Waals surface area contributed by atoms with E-state index in [1.807, 2.05) is 0 Å². The maximum atomic E-state index is 11.0. The second-order valence-electron chi connectivity index (χ2n) is 4.36. The highest BCUT2D eigenvalue weighted by Crippen LogP contribution is 2.64. The molecule has 2 unspecified atom stereocenters. The Labute approximate surface area is 99.2 Å². The molecule has 1 fully saturated rings. The molecule has 1 rings (SSSR count). The van der Waals surface area contributed by atoms with Gasteiger partial charge in [-0.3, -0.25) is 0 Å². The van der Waals surface area contributed by atoms with Crippen molar-refractivity contribution in [3.05, 3.63) is 0 Å². The van der Waals surface area contributed by atoms with Crippen LogP contribution in [-0.4, -0.2) is 43.0 Å². The molecular formula is C12H24O3P+. The van der Waals surface area contributed by atoms with Gasteiger partial charge in [0, 0.05) is 7.26 Å². The van der Waals surface area contributed by atoms with Crippen LogP contribution in [0.1, 0.15) is 34.1 Å². The number of hydrogen-bond acceptors (Lipinski definition) is 3. The van der Waals surface area contributed by atoms with Crippen LogP contribution in [0, 0.1) is 0 Å². The van der Waals surface area contributed by atoms with Crippen molar-refractivity contribution in [1.82, 2.24) is 0 Å². The Morgan fingerprint density at radius 3 is 2.12 bits per heavy atom. The molecule has 3 nitrogen and oxygen atoms in total. The van der Waals surface area contributed by atoms with Crippen molar-refractivity contribution in [2.75, 3.05) is 25.1 Å². The van der Waals surface area contributed by atoms with Crippen molar-refractivity contribution >= 4 is 13.4 Å². The van der Waals surface area contributed by atoms with Crippen LogP contribution in [0.2, 0.25) is 0 Å². The van der Waals surface area contributed by atoms with E-state index in [1.165, 1.54) is 18.5 Å². The van der Waals surface area contributed by atoms with Gasteiger partial charge in [-0.1, -0.05) is 6.92 Å². The molecule has 0 aromatic rings. The molecular weight excluding hydrogens is 223 g/mol. The fraction of sp³-hybridized carbons (Fsp3) is 0.917. The standard InChI is InChI=1S/C12H24O3P/c1-5-11(10-9-14-12(13)15-10)16(6-2,7-3)8-4/h10-11H,5-9H2,1-4H3/q+1. The zero-order valence-electron chi connectivity index (χ0n) is 10.9. The Hall–Kier alpha value is -0.300. The monoisotopic (exact) mass is 247 g/mol. The van der Waals surface area contributed by atoms with Gasteiger partial charge < -0.3 is 9.47 Å². The van der Waals surface area contributed by atoms with Gasteiger partial charge in [-0.25, -0.2) is 4.79 Å². The highest BCUT2D eigenvalue weighted by Gasteiger charge is 2.48. The molecule has 16 heavy (non-hydrogen) atoms. The summed E-state index contributed by atoms with van der Waals surface area (Å²) in [5, 5.41) is 0. The van der Waals surface area contributed by atoms with Crippen LogP contribution in [0.25, 0.3) is 0 Å². The molecule has 1 saturated heterocycles. The summed E-state index contributed by atoms with van der Waals surface area (Å²) < 4.78 is 10.2. The zero-order chi connectivity index (χ0) is 12.2. The molecule has 4 heteroatoms. The number of hydrogen-bond donors (Lipinski definition) is 0. The summed E-state index contributed by atoms with van der Waals surface area (Å²) in [4.78, 5) is 11.0. The predicted octanol–water partition coefficient (Wildman–Crippen LogP) is 3.38. The molecule has 2 atom stereocenters. The number of carbonyl (C=O) groups is 1. The van der Waals surface area contributed by atoms with Crippen molar-refractivity contribution in [2.45, 2.75) is 45.9 Å². The van der Waals surface area contributed by atoms with Crippen LogP contribution >= 0.6 is 7.26 Å². The summed E-state index contributed by atoms with van der Waals surface area (Å²) >= 11 is 0. The lowest BCUT2D eigenvalue weighted by molar-refractivity contribution is 0.116. The lowest BCUT2D eigenvalue weighted by Crippen LogP contribution is -2.33. The molecule has 0 amide bonds.